The van der Waals surface area contributed by atoms with Crippen LogP contribution >= 0.6 is 0 Å². The van der Waals surface area contributed by atoms with Crippen LogP contribution in [-0.4, -0.2) is 71.6 Å². The number of alkyl halides is 6. The van der Waals surface area contributed by atoms with Gasteiger partial charge in [0.25, 0.3) is 0 Å². The van der Waals surface area contributed by atoms with E-state index in [4.69, 9.17) is 4.74 Å². The Morgan fingerprint density at radius 2 is 1.25 bits per heavy atom. The Morgan fingerprint density at radius 3 is 1.61 bits per heavy atom. The van der Waals surface area contributed by atoms with Gasteiger partial charge in [0, 0.05) is 5.57 Å². The van der Waals surface area contributed by atoms with Gasteiger partial charge in [-0.15, -0.1) is 0 Å². The Morgan fingerprint density at radius 1 is 0.833 bits per heavy atom. The van der Waals surface area contributed by atoms with E-state index in [-0.39, 0.29) is 5.97 Å². The number of quaternary nitrogens is 1. The molecule has 0 saturated carbocycles. The smallest absolute Gasteiger partial charge is 0.462 e. The van der Waals surface area contributed by atoms with Crippen molar-refractivity contribution in [1.29, 1.82) is 0 Å². The van der Waals surface area contributed by atoms with E-state index in [1.807, 2.05) is 0 Å². The van der Waals surface area contributed by atoms with Crippen LogP contribution in [0.4, 0.5) is 26.3 Å². The molecule has 0 aromatic heterocycles. The molecule has 0 saturated heterocycles. The molecule has 16 heteroatoms. The Balaban J connectivity index is 0. The molecule has 0 fully saturated rings. The number of hydrogen-bond acceptors (Lipinski definition) is 6. The van der Waals surface area contributed by atoms with Crippen LogP contribution in [-0.2, 0) is 29.6 Å². The van der Waals surface area contributed by atoms with Crippen LogP contribution in [0.1, 0.15) is 65.7 Å². The van der Waals surface area contributed by atoms with E-state index in [1.54, 1.807) is 6.92 Å². The minimum atomic E-state index is -6.72. The lowest BCUT2D eigenvalue weighted by Crippen LogP contribution is -2.45. The summed E-state index contributed by atoms with van der Waals surface area (Å²) in [6.07, 6.45) is 8.58. The van der Waals surface area contributed by atoms with Gasteiger partial charge in [0.1, 0.15) is 0 Å². The summed E-state index contributed by atoms with van der Waals surface area (Å²) in [7, 11) is -11.1. The van der Waals surface area contributed by atoms with Crippen LogP contribution in [0.2, 0.25) is 0 Å². The molecule has 216 valence electrons. The molecule has 8 nitrogen and oxygen atoms in total. The molecule has 0 aromatic rings. The van der Waals surface area contributed by atoms with Gasteiger partial charge in [-0.1, -0.05) is 32.8 Å². The third kappa shape index (κ3) is 15.0. The van der Waals surface area contributed by atoms with Crippen LogP contribution in [0, 0.1) is 0 Å². The average molecular weight is 579 g/mol. The maximum absolute atomic E-state index is 11.4. The van der Waals surface area contributed by atoms with Gasteiger partial charge in [-0.05, 0) is 39.5 Å². The van der Waals surface area contributed by atoms with E-state index in [0.717, 1.165) is 17.0 Å². The third-order valence-corrected chi connectivity index (χ3v) is 7.72. The summed E-state index contributed by atoms with van der Waals surface area (Å²) in [6, 6.07) is 0. The number of hydrogen-bond donors (Lipinski definition) is 0. The number of nitrogens with zero attached hydrogens (tertiary/aromatic N) is 2. The van der Waals surface area contributed by atoms with Gasteiger partial charge < -0.3 is 13.3 Å². The van der Waals surface area contributed by atoms with Crippen molar-refractivity contribution in [3.05, 3.63) is 16.3 Å². The van der Waals surface area contributed by atoms with Crippen LogP contribution in [0.25, 0.3) is 4.13 Å². The summed E-state index contributed by atoms with van der Waals surface area (Å²) < 4.78 is 115. The second-order valence-corrected chi connectivity index (χ2v) is 11.8. The monoisotopic (exact) mass is 578 g/mol. The van der Waals surface area contributed by atoms with Gasteiger partial charge >= 0.3 is 17.0 Å². The molecule has 1 atom stereocenters. The van der Waals surface area contributed by atoms with E-state index in [2.05, 4.69) is 27.5 Å². The topological polar surface area (TPSA) is 109 Å². The van der Waals surface area contributed by atoms with Crippen molar-refractivity contribution in [2.45, 2.75) is 76.7 Å². The number of esters is 1. The second-order valence-electron chi connectivity index (χ2n) is 8.34. The van der Waals surface area contributed by atoms with Crippen molar-refractivity contribution in [3.8, 4) is 0 Å². The molecule has 36 heavy (non-hydrogen) atoms. The highest BCUT2D eigenvalue weighted by molar-refractivity contribution is 8.13. The molecular formula is C20H36F6N2O6S2. The summed E-state index contributed by atoms with van der Waals surface area (Å²) in [4.78, 5) is 11.2. The fraction of sp³-hybridized carbons (Fsp3) is 0.850. The lowest BCUT2D eigenvalue weighted by atomic mass is 10.1. The molecule has 0 aliphatic heterocycles. The molecule has 0 aliphatic rings. The number of sulfonamides is 2. The first-order chi connectivity index (χ1) is 16.2. The predicted octanol–water partition coefficient (Wildman–Crippen LogP) is 5.38. The SMILES string of the molecule is C=C(C)C(=O)OCCCCCCCC[N+](C)(CC)CCC.O=S(=O)([N-]S(=O)(=O)C(F)(F)F)C(F)(F)F. The van der Waals surface area contributed by atoms with Crippen molar-refractivity contribution in [2.24, 2.45) is 0 Å². The number of carbonyl (C=O) groups excluding carboxylic acids is 1. The normalized spacial score (nSPS) is 14.4. The molecule has 0 amide bonds. The van der Waals surface area contributed by atoms with Crippen LogP contribution in [0.3, 0.4) is 0 Å². The van der Waals surface area contributed by atoms with Crippen molar-refractivity contribution in [1.82, 2.24) is 0 Å². The molecular weight excluding hydrogens is 542 g/mol. The summed E-state index contributed by atoms with van der Waals surface area (Å²) in [5.74, 6) is -0.262. The highest BCUT2D eigenvalue weighted by Gasteiger charge is 2.46. The highest BCUT2D eigenvalue weighted by atomic mass is 32.3. The fourth-order valence-electron chi connectivity index (χ4n) is 2.77. The van der Waals surface area contributed by atoms with E-state index in [1.165, 1.54) is 56.2 Å². The zero-order valence-corrected chi connectivity index (χ0v) is 22.5. The molecule has 0 spiro atoms. The number of unbranched alkanes of at least 4 members (excludes halogenated alkanes) is 5. The van der Waals surface area contributed by atoms with Crippen LogP contribution in [0.15, 0.2) is 12.2 Å². The number of rotatable bonds is 15. The van der Waals surface area contributed by atoms with Crippen molar-refractivity contribution in [2.75, 3.05) is 33.3 Å². The summed E-state index contributed by atoms with van der Waals surface area (Å²) in [6.45, 7) is 14.2. The largest absolute Gasteiger partial charge is 0.480 e. The van der Waals surface area contributed by atoms with E-state index >= 15 is 0 Å². The molecule has 0 aliphatic carbocycles. The van der Waals surface area contributed by atoms with Gasteiger partial charge in [-0.25, -0.2) is 21.6 Å². The van der Waals surface area contributed by atoms with Crippen molar-refractivity contribution < 1.29 is 57.2 Å². The van der Waals surface area contributed by atoms with E-state index in [9.17, 15) is 48.0 Å². The Labute approximate surface area is 209 Å². The van der Waals surface area contributed by atoms with Crippen LogP contribution in [0.5, 0.6) is 0 Å². The zero-order chi connectivity index (χ0) is 28.8. The van der Waals surface area contributed by atoms with E-state index in [0.29, 0.717) is 12.2 Å². The fourth-order valence-corrected chi connectivity index (χ4v) is 4.48. The standard InChI is InChI=1S/C18H36NO2.C2F6NO4S2/c1-6-14-19(5,7-2)15-12-10-8-9-11-13-16-21-18(20)17(3)4;3-1(4,5)14(10,11)9-15(12,13)2(6,7)8/h3,6-16H2,1-2,4-5H3;/q+1;-1. The second kappa shape index (κ2) is 15.8. The molecule has 1 unspecified atom stereocenters. The maximum Gasteiger partial charge on any atom is 0.480 e. The molecule has 0 heterocycles. The van der Waals surface area contributed by atoms with Gasteiger partial charge in [0.15, 0.2) is 20.0 Å². The molecule has 0 rings (SSSR count). The summed E-state index contributed by atoms with van der Waals surface area (Å²) in [5, 5.41) is 0. The van der Waals surface area contributed by atoms with Crippen molar-refractivity contribution in [3.63, 3.8) is 0 Å². The minimum Gasteiger partial charge on any atom is -0.462 e. The Kier molecular flexibility index (Phi) is 16.1. The molecule has 0 N–H and O–H groups in total. The molecule has 0 radical (unpaired) electrons. The zero-order valence-electron chi connectivity index (χ0n) is 20.9. The quantitative estimate of drug-likeness (QED) is 0.0849. The predicted molar refractivity (Wildman–Crippen MR) is 124 cm³/mol. The van der Waals surface area contributed by atoms with Gasteiger partial charge in [-0.3, -0.25) is 0 Å². The average Bonchev–Trinajstić information content (AvgIpc) is 2.70. The van der Waals surface area contributed by atoms with Crippen molar-refractivity contribution >= 4 is 26.0 Å². The summed E-state index contributed by atoms with van der Waals surface area (Å²) >= 11 is 0. The van der Waals surface area contributed by atoms with Gasteiger partial charge in [0.2, 0.25) is 0 Å². The number of halogens is 6. The van der Waals surface area contributed by atoms with Crippen LogP contribution < -0.4 is 0 Å². The van der Waals surface area contributed by atoms with E-state index < -0.39 is 31.1 Å². The first-order valence-electron chi connectivity index (χ1n) is 11.2. The maximum atomic E-state index is 11.4. The number of ether oxygens (including phenoxy) is 1. The Bertz CT molecular complexity index is 847. The number of carbonyl (C=O) groups is 1. The molecule has 0 bridgehead atoms. The third-order valence-electron chi connectivity index (χ3n) is 4.98. The lowest BCUT2D eigenvalue weighted by Gasteiger charge is -2.33. The summed E-state index contributed by atoms with van der Waals surface area (Å²) in [5.41, 5.74) is -11.9. The lowest BCUT2D eigenvalue weighted by molar-refractivity contribution is -0.908. The first-order valence-corrected chi connectivity index (χ1v) is 14.1. The highest BCUT2D eigenvalue weighted by Crippen LogP contribution is 2.36. The van der Waals surface area contributed by atoms with Gasteiger partial charge in [0.05, 0.1) is 33.3 Å². The Hall–Kier alpha value is -1.39. The first kappa shape index (κ1) is 36.8. The minimum absolute atomic E-state index is 0.262. The molecule has 0 aromatic carbocycles. The van der Waals surface area contributed by atoms with Gasteiger partial charge in [-0.2, -0.15) is 26.3 Å².